The van der Waals surface area contributed by atoms with E-state index >= 15 is 0 Å². The molecule has 1 aliphatic carbocycles. The zero-order chi connectivity index (χ0) is 16.9. The van der Waals surface area contributed by atoms with Gasteiger partial charge in [-0.05, 0) is 58.6 Å². The monoisotopic (exact) mass is 335 g/mol. The van der Waals surface area contributed by atoms with Crippen LogP contribution < -0.4 is 5.32 Å². The summed E-state index contributed by atoms with van der Waals surface area (Å²) in [7, 11) is 0. The third-order valence-corrected chi connectivity index (χ3v) is 5.02. The standard InChI is InChI=1S/C18H25NO3S/c1-18(2,3)22-17(21)19-14-7-9-15(10-8-14)23-16-6-4-5-13(11-16)12-20/h4-6,11-12,14-15H,7-10H2,1-3H3,(H,19,21). The highest BCUT2D eigenvalue weighted by Crippen LogP contribution is 2.34. The van der Waals surface area contributed by atoms with Crippen molar-refractivity contribution in [2.75, 3.05) is 0 Å². The molecule has 0 aromatic heterocycles. The SMILES string of the molecule is CC(C)(C)OC(=O)NC1CCC(Sc2cccc(C=O)c2)CC1. The number of hydrogen-bond acceptors (Lipinski definition) is 4. The van der Waals surface area contributed by atoms with E-state index in [1.807, 2.05) is 56.8 Å². The number of thioether (sulfide) groups is 1. The fraction of sp³-hybridized carbons (Fsp3) is 0.556. The molecule has 0 atom stereocenters. The Labute approximate surface area is 142 Å². The molecule has 1 amide bonds. The zero-order valence-corrected chi connectivity index (χ0v) is 14.8. The second-order valence-electron chi connectivity index (χ2n) is 6.93. The topological polar surface area (TPSA) is 55.4 Å². The normalized spacial score (nSPS) is 21.5. The Morgan fingerprint density at radius 3 is 2.57 bits per heavy atom. The van der Waals surface area contributed by atoms with Crippen LogP contribution >= 0.6 is 11.8 Å². The number of ether oxygens (including phenoxy) is 1. The van der Waals surface area contributed by atoms with Gasteiger partial charge in [-0.1, -0.05) is 12.1 Å². The van der Waals surface area contributed by atoms with Crippen molar-refractivity contribution in [1.29, 1.82) is 0 Å². The Morgan fingerprint density at radius 2 is 1.96 bits per heavy atom. The molecule has 1 N–H and O–H groups in total. The summed E-state index contributed by atoms with van der Waals surface area (Å²) in [6.07, 6.45) is 4.58. The van der Waals surface area contributed by atoms with Crippen molar-refractivity contribution in [1.82, 2.24) is 5.32 Å². The summed E-state index contributed by atoms with van der Waals surface area (Å²) in [4.78, 5) is 23.8. The molecule has 1 saturated carbocycles. The lowest BCUT2D eigenvalue weighted by Gasteiger charge is -2.29. The predicted molar refractivity (Wildman–Crippen MR) is 93.1 cm³/mol. The molecular weight excluding hydrogens is 310 g/mol. The summed E-state index contributed by atoms with van der Waals surface area (Å²) in [5.41, 5.74) is 0.260. The molecule has 2 rings (SSSR count). The molecule has 0 saturated heterocycles. The van der Waals surface area contributed by atoms with Crippen LogP contribution in [-0.2, 0) is 4.74 Å². The van der Waals surface area contributed by atoms with Crippen LogP contribution in [0.5, 0.6) is 0 Å². The molecule has 0 bridgehead atoms. The average molecular weight is 335 g/mol. The molecule has 0 unspecified atom stereocenters. The first-order valence-electron chi connectivity index (χ1n) is 8.07. The fourth-order valence-electron chi connectivity index (χ4n) is 2.65. The van der Waals surface area contributed by atoms with Gasteiger partial charge >= 0.3 is 6.09 Å². The maximum atomic E-state index is 11.8. The Bertz CT molecular complexity index is 545. The van der Waals surface area contributed by atoms with Gasteiger partial charge in [0.25, 0.3) is 0 Å². The zero-order valence-electron chi connectivity index (χ0n) is 14.0. The third kappa shape index (κ3) is 6.26. The number of amides is 1. The smallest absolute Gasteiger partial charge is 0.407 e. The highest BCUT2D eigenvalue weighted by Gasteiger charge is 2.25. The maximum absolute atomic E-state index is 11.8. The molecule has 0 heterocycles. The van der Waals surface area contributed by atoms with Crippen molar-refractivity contribution in [3.63, 3.8) is 0 Å². The largest absolute Gasteiger partial charge is 0.444 e. The van der Waals surface area contributed by atoms with E-state index in [0.29, 0.717) is 5.25 Å². The number of hydrogen-bond donors (Lipinski definition) is 1. The maximum Gasteiger partial charge on any atom is 0.407 e. The van der Waals surface area contributed by atoms with Gasteiger partial charge in [-0.2, -0.15) is 0 Å². The van der Waals surface area contributed by atoms with Crippen LogP contribution in [0, 0.1) is 0 Å². The number of nitrogens with one attached hydrogen (secondary N) is 1. The lowest BCUT2D eigenvalue weighted by Crippen LogP contribution is -2.41. The molecule has 1 aromatic rings. The summed E-state index contributed by atoms with van der Waals surface area (Å²) in [6, 6.07) is 7.91. The van der Waals surface area contributed by atoms with Gasteiger partial charge in [0, 0.05) is 21.8 Å². The molecule has 0 spiro atoms. The second kappa shape index (κ2) is 7.86. The minimum Gasteiger partial charge on any atom is -0.444 e. The van der Waals surface area contributed by atoms with E-state index in [1.54, 1.807) is 0 Å². The summed E-state index contributed by atoms with van der Waals surface area (Å²) in [6.45, 7) is 5.61. The van der Waals surface area contributed by atoms with Gasteiger partial charge in [-0.25, -0.2) is 4.79 Å². The van der Waals surface area contributed by atoms with Gasteiger partial charge in [0.15, 0.2) is 0 Å². The molecule has 126 valence electrons. The van der Waals surface area contributed by atoms with Crippen LogP contribution in [0.2, 0.25) is 0 Å². The van der Waals surface area contributed by atoms with E-state index in [9.17, 15) is 9.59 Å². The number of alkyl carbamates (subject to hydrolysis) is 1. The first-order chi connectivity index (χ1) is 10.9. The lowest BCUT2D eigenvalue weighted by molar-refractivity contribution is 0.0493. The van der Waals surface area contributed by atoms with E-state index in [1.165, 1.54) is 0 Å². The van der Waals surface area contributed by atoms with Crippen LogP contribution in [0.1, 0.15) is 56.8 Å². The molecular formula is C18H25NO3S. The summed E-state index contributed by atoms with van der Waals surface area (Å²) < 4.78 is 5.30. The fourth-order valence-corrected chi connectivity index (χ4v) is 3.91. The van der Waals surface area contributed by atoms with Crippen LogP contribution in [0.3, 0.4) is 0 Å². The third-order valence-electron chi connectivity index (χ3n) is 3.69. The van der Waals surface area contributed by atoms with Gasteiger partial charge in [0.1, 0.15) is 11.9 Å². The molecule has 1 fully saturated rings. The minimum absolute atomic E-state index is 0.197. The number of aldehydes is 1. The minimum atomic E-state index is -0.458. The molecule has 5 heteroatoms. The van der Waals surface area contributed by atoms with Crippen molar-refractivity contribution in [3.05, 3.63) is 29.8 Å². The summed E-state index contributed by atoms with van der Waals surface area (Å²) in [5.74, 6) is 0. The van der Waals surface area contributed by atoms with Crippen molar-refractivity contribution in [2.45, 2.75) is 68.2 Å². The van der Waals surface area contributed by atoms with Gasteiger partial charge in [-0.3, -0.25) is 4.79 Å². The highest BCUT2D eigenvalue weighted by atomic mass is 32.2. The molecule has 1 aliphatic rings. The first-order valence-corrected chi connectivity index (χ1v) is 8.95. The van der Waals surface area contributed by atoms with E-state index < -0.39 is 5.60 Å². The highest BCUT2D eigenvalue weighted by molar-refractivity contribution is 8.00. The van der Waals surface area contributed by atoms with Crippen LogP contribution in [0.25, 0.3) is 0 Å². The summed E-state index contributed by atoms with van der Waals surface area (Å²) >= 11 is 1.82. The quantitative estimate of drug-likeness (QED) is 0.827. The van der Waals surface area contributed by atoms with Crippen molar-refractivity contribution in [2.24, 2.45) is 0 Å². The summed E-state index contributed by atoms with van der Waals surface area (Å²) in [5, 5.41) is 3.50. The second-order valence-corrected chi connectivity index (χ2v) is 8.30. The molecule has 0 radical (unpaired) electrons. The van der Waals surface area contributed by atoms with E-state index in [-0.39, 0.29) is 12.1 Å². The van der Waals surface area contributed by atoms with Crippen LogP contribution in [0.4, 0.5) is 4.79 Å². The molecule has 23 heavy (non-hydrogen) atoms. The van der Waals surface area contributed by atoms with Crippen molar-refractivity contribution < 1.29 is 14.3 Å². The van der Waals surface area contributed by atoms with Gasteiger partial charge in [0.2, 0.25) is 0 Å². The van der Waals surface area contributed by atoms with E-state index in [2.05, 4.69) is 5.32 Å². The first kappa shape index (κ1) is 17.9. The number of carbonyl (C=O) groups excluding carboxylic acids is 2. The van der Waals surface area contributed by atoms with Gasteiger partial charge in [-0.15, -0.1) is 11.8 Å². The van der Waals surface area contributed by atoms with Crippen molar-refractivity contribution in [3.8, 4) is 0 Å². The predicted octanol–water partition coefficient (Wildman–Crippen LogP) is 4.43. The van der Waals surface area contributed by atoms with Gasteiger partial charge < -0.3 is 10.1 Å². The molecule has 4 nitrogen and oxygen atoms in total. The molecule has 0 aliphatic heterocycles. The average Bonchev–Trinajstić information content (AvgIpc) is 2.47. The Morgan fingerprint density at radius 1 is 1.26 bits per heavy atom. The lowest BCUT2D eigenvalue weighted by atomic mass is 9.95. The van der Waals surface area contributed by atoms with Crippen LogP contribution in [-0.4, -0.2) is 29.3 Å². The molecule has 1 aromatic carbocycles. The Balaban J connectivity index is 1.77. The van der Waals surface area contributed by atoms with E-state index in [0.717, 1.165) is 42.4 Å². The van der Waals surface area contributed by atoms with Gasteiger partial charge in [0.05, 0.1) is 0 Å². The number of carbonyl (C=O) groups is 2. The number of benzene rings is 1. The Hall–Kier alpha value is -1.49. The van der Waals surface area contributed by atoms with Crippen LogP contribution in [0.15, 0.2) is 29.2 Å². The Kier molecular flexibility index (Phi) is 6.10. The number of rotatable bonds is 4. The van der Waals surface area contributed by atoms with Crippen molar-refractivity contribution >= 4 is 24.1 Å². The van der Waals surface area contributed by atoms with E-state index in [4.69, 9.17) is 4.74 Å².